The lowest BCUT2D eigenvalue weighted by Crippen LogP contribution is -2.30. The Hall–Kier alpha value is -3.35. The fourth-order valence-electron chi connectivity index (χ4n) is 3.41. The fraction of sp³-hybridized carbons (Fsp3) is 0.227. The Morgan fingerprint density at radius 2 is 1.85 bits per heavy atom. The molecule has 0 radical (unpaired) electrons. The number of pyridine rings is 1. The maximum absolute atomic E-state index is 13.2. The van der Waals surface area contributed by atoms with Crippen molar-refractivity contribution in [1.29, 1.82) is 0 Å². The SMILES string of the molecule is CC(C)NS(=O)(=O)c1cc(-c2csc(C(=O)N[C@@H](C)c3ccc(F)cc3)c2)cn2nc(N)nc12. The molecule has 0 aliphatic rings. The molecule has 3 aromatic heterocycles. The number of hydrogen-bond acceptors (Lipinski definition) is 7. The van der Waals surface area contributed by atoms with E-state index in [1.807, 2.05) is 6.92 Å². The smallest absolute Gasteiger partial charge is 0.261 e. The third-order valence-corrected chi connectivity index (χ3v) is 7.56. The second-order valence-corrected chi connectivity index (χ2v) is 10.6. The van der Waals surface area contributed by atoms with Gasteiger partial charge in [-0.25, -0.2) is 22.0 Å². The van der Waals surface area contributed by atoms with Gasteiger partial charge in [-0.15, -0.1) is 16.4 Å². The second kappa shape index (κ2) is 9.12. The van der Waals surface area contributed by atoms with Crippen molar-refractivity contribution in [2.24, 2.45) is 0 Å². The number of halogens is 1. The third kappa shape index (κ3) is 4.93. The molecule has 0 aliphatic carbocycles. The monoisotopic (exact) mass is 502 g/mol. The summed E-state index contributed by atoms with van der Waals surface area (Å²) in [4.78, 5) is 17.2. The molecule has 12 heteroatoms. The largest absolute Gasteiger partial charge is 0.366 e. The lowest BCUT2D eigenvalue weighted by molar-refractivity contribution is 0.0944. The van der Waals surface area contributed by atoms with Gasteiger partial charge in [-0.2, -0.15) is 4.98 Å². The Morgan fingerprint density at radius 1 is 1.15 bits per heavy atom. The van der Waals surface area contributed by atoms with E-state index in [4.69, 9.17) is 5.73 Å². The number of anilines is 1. The molecule has 3 heterocycles. The molecule has 0 fully saturated rings. The van der Waals surface area contributed by atoms with Crippen molar-refractivity contribution >= 4 is 38.9 Å². The van der Waals surface area contributed by atoms with Crippen LogP contribution in [0, 0.1) is 5.82 Å². The number of nitrogens with zero attached hydrogens (tertiary/aromatic N) is 3. The van der Waals surface area contributed by atoms with E-state index in [0.29, 0.717) is 16.0 Å². The molecule has 4 rings (SSSR count). The molecule has 1 aromatic carbocycles. The van der Waals surface area contributed by atoms with E-state index in [1.165, 1.54) is 34.1 Å². The summed E-state index contributed by atoms with van der Waals surface area (Å²) in [5, 5.41) is 8.70. The predicted octanol–water partition coefficient (Wildman–Crippen LogP) is 3.36. The Morgan fingerprint density at radius 3 is 2.53 bits per heavy atom. The van der Waals surface area contributed by atoms with Gasteiger partial charge in [0.2, 0.25) is 16.0 Å². The normalized spacial score (nSPS) is 12.9. The molecule has 1 amide bonds. The van der Waals surface area contributed by atoms with E-state index < -0.39 is 10.0 Å². The summed E-state index contributed by atoms with van der Waals surface area (Å²) in [7, 11) is -3.89. The summed E-state index contributed by atoms with van der Waals surface area (Å²) >= 11 is 1.22. The number of thiophene rings is 1. The van der Waals surface area contributed by atoms with E-state index in [0.717, 1.165) is 5.56 Å². The maximum Gasteiger partial charge on any atom is 0.261 e. The van der Waals surface area contributed by atoms with Crippen LogP contribution >= 0.6 is 11.3 Å². The molecule has 9 nitrogen and oxygen atoms in total. The predicted molar refractivity (Wildman–Crippen MR) is 128 cm³/mol. The number of nitrogens with one attached hydrogen (secondary N) is 2. The molecule has 1 atom stereocenters. The summed E-state index contributed by atoms with van der Waals surface area (Å²) in [6.07, 6.45) is 1.61. The van der Waals surface area contributed by atoms with Crippen LogP contribution in [0.25, 0.3) is 16.8 Å². The highest BCUT2D eigenvalue weighted by Crippen LogP contribution is 2.30. The number of nitrogen functional groups attached to an aromatic ring is 1. The molecule has 4 aromatic rings. The highest BCUT2D eigenvalue weighted by Gasteiger charge is 2.23. The van der Waals surface area contributed by atoms with E-state index in [9.17, 15) is 17.6 Å². The zero-order valence-electron chi connectivity index (χ0n) is 18.6. The lowest BCUT2D eigenvalue weighted by atomic mass is 10.1. The zero-order chi connectivity index (χ0) is 24.6. The van der Waals surface area contributed by atoms with Crippen molar-refractivity contribution in [3.8, 4) is 11.1 Å². The molecule has 178 valence electrons. The van der Waals surface area contributed by atoms with E-state index in [-0.39, 0.29) is 40.3 Å². The number of amides is 1. The average Bonchev–Trinajstić information content (AvgIpc) is 3.38. The first-order chi connectivity index (χ1) is 16.0. The van der Waals surface area contributed by atoms with Crippen LogP contribution in [-0.4, -0.2) is 35.0 Å². The molecule has 0 spiro atoms. The van der Waals surface area contributed by atoms with Crippen LogP contribution in [-0.2, 0) is 10.0 Å². The van der Waals surface area contributed by atoms with Crippen molar-refractivity contribution in [2.45, 2.75) is 37.8 Å². The van der Waals surface area contributed by atoms with Gasteiger partial charge in [0.1, 0.15) is 10.7 Å². The van der Waals surface area contributed by atoms with Crippen molar-refractivity contribution in [1.82, 2.24) is 24.6 Å². The number of rotatable bonds is 7. The quantitative estimate of drug-likeness (QED) is 0.355. The summed E-state index contributed by atoms with van der Waals surface area (Å²) in [6, 6.07) is 8.42. The Bertz CT molecular complexity index is 1460. The molecule has 0 unspecified atom stereocenters. The number of carbonyl (C=O) groups is 1. The highest BCUT2D eigenvalue weighted by atomic mass is 32.2. The molecular formula is C22H23FN6O3S2. The van der Waals surface area contributed by atoms with Crippen LogP contribution in [0.4, 0.5) is 10.3 Å². The summed E-state index contributed by atoms with van der Waals surface area (Å²) in [5.41, 5.74) is 7.76. The zero-order valence-corrected chi connectivity index (χ0v) is 20.2. The van der Waals surface area contributed by atoms with Crippen LogP contribution in [0.1, 0.15) is 42.0 Å². The fourth-order valence-corrected chi connectivity index (χ4v) is 5.64. The van der Waals surface area contributed by atoms with Crippen molar-refractivity contribution in [3.05, 3.63) is 64.2 Å². The minimum absolute atomic E-state index is 0.0571. The first-order valence-electron chi connectivity index (χ1n) is 10.4. The average molecular weight is 503 g/mol. The van der Waals surface area contributed by atoms with Gasteiger partial charge >= 0.3 is 0 Å². The highest BCUT2D eigenvalue weighted by molar-refractivity contribution is 7.89. The number of benzene rings is 1. The standard InChI is InChI=1S/C22H23FN6O3S2/c1-12(2)28-34(31,32)19-9-15(10-29-20(19)26-22(24)27-29)16-8-18(33-11-16)21(30)25-13(3)14-4-6-17(23)7-5-14/h4-13,28H,1-3H3,(H2,24,27)(H,25,30)/t13-/m0/s1. The third-order valence-electron chi connectivity index (χ3n) is 4.97. The Balaban J connectivity index is 1.65. The second-order valence-electron chi connectivity index (χ2n) is 8.05. The van der Waals surface area contributed by atoms with Crippen LogP contribution in [0.3, 0.4) is 0 Å². The molecule has 0 saturated heterocycles. The van der Waals surface area contributed by atoms with Crippen LogP contribution in [0.5, 0.6) is 0 Å². The number of nitrogens with two attached hydrogens (primary N) is 1. The van der Waals surface area contributed by atoms with Gasteiger partial charge in [0.05, 0.1) is 10.9 Å². The summed E-state index contributed by atoms with van der Waals surface area (Å²) < 4.78 is 42.9. The molecule has 4 N–H and O–H groups in total. The number of aromatic nitrogens is 3. The van der Waals surface area contributed by atoms with Crippen molar-refractivity contribution in [2.75, 3.05) is 5.73 Å². The molecular weight excluding hydrogens is 479 g/mol. The van der Waals surface area contributed by atoms with E-state index >= 15 is 0 Å². The van der Waals surface area contributed by atoms with Gasteiger partial charge in [-0.3, -0.25) is 4.79 Å². The molecule has 34 heavy (non-hydrogen) atoms. The summed E-state index contributed by atoms with van der Waals surface area (Å²) in [5.74, 6) is -0.701. The molecule has 0 bridgehead atoms. The van der Waals surface area contributed by atoms with Gasteiger partial charge in [0, 0.05) is 17.8 Å². The molecule has 0 saturated carbocycles. The van der Waals surface area contributed by atoms with Crippen LogP contribution in [0.2, 0.25) is 0 Å². The minimum Gasteiger partial charge on any atom is -0.366 e. The number of carbonyl (C=O) groups excluding carboxylic acids is 1. The first-order valence-corrected chi connectivity index (χ1v) is 12.7. The van der Waals surface area contributed by atoms with E-state index in [2.05, 4.69) is 20.1 Å². The number of fused-ring (bicyclic) bond motifs is 1. The topological polar surface area (TPSA) is 131 Å². The van der Waals surface area contributed by atoms with Gasteiger partial charge < -0.3 is 11.1 Å². The maximum atomic E-state index is 13.2. The van der Waals surface area contributed by atoms with E-state index in [1.54, 1.807) is 43.6 Å². The first kappa shape index (κ1) is 23.8. The Kier molecular flexibility index (Phi) is 6.39. The summed E-state index contributed by atoms with van der Waals surface area (Å²) in [6.45, 7) is 5.24. The number of hydrogen-bond donors (Lipinski definition) is 3. The Labute approximate surface area is 199 Å². The van der Waals surface area contributed by atoms with Gasteiger partial charge in [-0.05, 0) is 61.5 Å². The number of sulfonamides is 1. The van der Waals surface area contributed by atoms with Crippen LogP contribution in [0.15, 0.2) is 52.9 Å². The van der Waals surface area contributed by atoms with Crippen LogP contribution < -0.4 is 15.8 Å². The van der Waals surface area contributed by atoms with Gasteiger partial charge in [0.25, 0.3) is 5.91 Å². The lowest BCUT2D eigenvalue weighted by Gasteiger charge is -2.13. The minimum atomic E-state index is -3.89. The van der Waals surface area contributed by atoms with Gasteiger partial charge in [-0.1, -0.05) is 12.1 Å². The van der Waals surface area contributed by atoms with Gasteiger partial charge in [0.15, 0.2) is 5.65 Å². The van der Waals surface area contributed by atoms with Crippen molar-refractivity contribution in [3.63, 3.8) is 0 Å². The molecule has 0 aliphatic heterocycles. The van der Waals surface area contributed by atoms with Crippen molar-refractivity contribution < 1.29 is 17.6 Å².